The molecule has 0 saturated carbocycles. The third-order valence-electron chi connectivity index (χ3n) is 5.14. The number of benzene rings is 1. The van der Waals surface area contributed by atoms with Crippen molar-refractivity contribution in [3.8, 4) is 0 Å². The summed E-state index contributed by atoms with van der Waals surface area (Å²) in [5.41, 5.74) is 5.48. The fourth-order valence-corrected chi connectivity index (χ4v) is 3.92. The van der Waals surface area contributed by atoms with Gasteiger partial charge in [0, 0.05) is 39.3 Å². The van der Waals surface area contributed by atoms with Crippen LogP contribution in [0.15, 0.2) is 12.1 Å². The van der Waals surface area contributed by atoms with Crippen molar-refractivity contribution < 1.29 is 10.2 Å². The maximum absolute atomic E-state index is 9.71. The molecule has 0 unspecified atom stereocenters. The van der Waals surface area contributed by atoms with Crippen LogP contribution in [0.25, 0.3) is 0 Å². The molecular weight excluding hydrogens is 288 g/mol. The Hall–Kier alpha value is -0.940. The van der Waals surface area contributed by atoms with Gasteiger partial charge in [-0.1, -0.05) is 17.7 Å². The third-order valence-corrected chi connectivity index (χ3v) is 5.14. The predicted molar refractivity (Wildman–Crippen MR) is 94.6 cm³/mol. The van der Waals surface area contributed by atoms with E-state index in [9.17, 15) is 5.11 Å². The first-order valence-electron chi connectivity index (χ1n) is 8.64. The lowest BCUT2D eigenvalue weighted by Crippen LogP contribution is -2.33. The van der Waals surface area contributed by atoms with E-state index in [-0.39, 0.29) is 13.2 Å². The lowest BCUT2D eigenvalue weighted by atomic mass is 9.96. The van der Waals surface area contributed by atoms with E-state index in [0.717, 1.165) is 26.2 Å². The molecule has 0 aliphatic carbocycles. The lowest BCUT2D eigenvalue weighted by molar-refractivity contribution is 0.160. The minimum atomic E-state index is 0.193. The van der Waals surface area contributed by atoms with Gasteiger partial charge in [-0.05, 0) is 56.3 Å². The van der Waals surface area contributed by atoms with E-state index < -0.39 is 0 Å². The molecule has 1 heterocycles. The van der Waals surface area contributed by atoms with Gasteiger partial charge in [0.05, 0.1) is 6.61 Å². The van der Waals surface area contributed by atoms with E-state index in [1.54, 1.807) is 0 Å². The Morgan fingerprint density at radius 2 is 1.70 bits per heavy atom. The van der Waals surface area contributed by atoms with Crippen LogP contribution in [-0.2, 0) is 6.54 Å². The van der Waals surface area contributed by atoms with Crippen molar-refractivity contribution in [2.24, 2.45) is 11.8 Å². The molecule has 0 spiro atoms. The molecule has 23 heavy (non-hydrogen) atoms. The molecule has 1 aromatic rings. The largest absolute Gasteiger partial charge is 0.396 e. The monoisotopic (exact) mass is 320 g/mol. The Morgan fingerprint density at radius 1 is 1.09 bits per heavy atom. The van der Waals surface area contributed by atoms with Crippen LogP contribution in [0.5, 0.6) is 0 Å². The van der Waals surface area contributed by atoms with E-state index in [0.29, 0.717) is 18.4 Å². The van der Waals surface area contributed by atoms with Crippen LogP contribution in [0, 0.1) is 32.6 Å². The van der Waals surface area contributed by atoms with Crippen molar-refractivity contribution in [2.75, 3.05) is 46.4 Å². The number of hydrogen-bond acceptors (Lipinski definition) is 4. The number of hydrogen-bond donors (Lipinski definition) is 2. The smallest absolute Gasteiger partial charge is 0.0558 e. The molecule has 130 valence electrons. The second-order valence-electron chi connectivity index (χ2n) is 7.26. The summed E-state index contributed by atoms with van der Waals surface area (Å²) >= 11 is 0. The summed E-state index contributed by atoms with van der Waals surface area (Å²) < 4.78 is 0. The van der Waals surface area contributed by atoms with E-state index in [1.165, 1.54) is 22.3 Å². The zero-order chi connectivity index (χ0) is 17.0. The summed E-state index contributed by atoms with van der Waals surface area (Å²) in [5.74, 6) is 0.810. The van der Waals surface area contributed by atoms with Gasteiger partial charge in [-0.25, -0.2) is 0 Å². The van der Waals surface area contributed by atoms with Crippen molar-refractivity contribution in [1.29, 1.82) is 0 Å². The quantitative estimate of drug-likeness (QED) is 0.801. The molecule has 1 aliphatic heterocycles. The molecule has 1 fully saturated rings. The summed E-state index contributed by atoms with van der Waals surface area (Å²) in [6.07, 6.45) is 0. The van der Waals surface area contributed by atoms with Crippen molar-refractivity contribution in [2.45, 2.75) is 27.3 Å². The minimum absolute atomic E-state index is 0.193. The summed E-state index contributed by atoms with van der Waals surface area (Å²) in [5, 5.41) is 18.8. The van der Waals surface area contributed by atoms with Crippen molar-refractivity contribution >= 4 is 0 Å². The SMILES string of the molecule is Cc1cc(C)c(CN2C[C@@H](CN(C)CCO)[C@@H](CO)C2)c(C)c1. The molecule has 2 atom stereocenters. The number of rotatable bonds is 7. The van der Waals surface area contributed by atoms with Crippen LogP contribution in [0.1, 0.15) is 22.3 Å². The molecule has 0 aromatic heterocycles. The highest BCUT2D eigenvalue weighted by Crippen LogP contribution is 2.27. The van der Waals surface area contributed by atoms with Gasteiger partial charge in [0.15, 0.2) is 0 Å². The first kappa shape index (κ1) is 18.4. The van der Waals surface area contributed by atoms with Crippen molar-refractivity contribution in [3.05, 3.63) is 34.4 Å². The molecule has 2 rings (SSSR count). The second kappa shape index (κ2) is 8.25. The van der Waals surface area contributed by atoms with E-state index in [4.69, 9.17) is 5.11 Å². The van der Waals surface area contributed by atoms with Gasteiger partial charge in [0.2, 0.25) is 0 Å². The molecule has 0 bridgehead atoms. The average Bonchev–Trinajstić information content (AvgIpc) is 2.84. The summed E-state index contributed by atoms with van der Waals surface area (Å²) in [6, 6.07) is 4.52. The number of aliphatic hydroxyl groups is 2. The Labute approximate surface area is 140 Å². The van der Waals surface area contributed by atoms with Crippen LogP contribution in [-0.4, -0.2) is 66.5 Å². The van der Waals surface area contributed by atoms with E-state index >= 15 is 0 Å². The van der Waals surface area contributed by atoms with Crippen LogP contribution in [0.3, 0.4) is 0 Å². The first-order valence-corrected chi connectivity index (χ1v) is 8.64. The van der Waals surface area contributed by atoms with Crippen molar-refractivity contribution in [1.82, 2.24) is 9.80 Å². The van der Waals surface area contributed by atoms with Crippen LogP contribution in [0.4, 0.5) is 0 Å². The molecular formula is C19H32N2O2. The van der Waals surface area contributed by atoms with Crippen LogP contribution in [0.2, 0.25) is 0 Å². The molecule has 2 N–H and O–H groups in total. The Bertz CT molecular complexity index is 495. The van der Waals surface area contributed by atoms with Crippen molar-refractivity contribution in [3.63, 3.8) is 0 Å². The molecule has 0 amide bonds. The predicted octanol–water partition coefficient (Wildman–Crippen LogP) is 1.58. The maximum Gasteiger partial charge on any atom is 0.0558 e. The highest BCUT2D eigenvalue weighted by Gasteiger charge is 2.33. The average molecular weight is 320 g/mol. The fraction of sp³-hybridized carbons (Fsp3) is 0.684. The topological polar surface area (TPSA) is 46.9 Å². The van der Waals surface area contributed by atoms with Gasteiger partial charge in [-0.2, -0.15) is 0 Å². The molecule has 4 nitrogen and oxygen atoms in total. The van der Waals surface area contributed by atoms with Gasteiger partial charge < -0.3 is 15.1 Å². The van der Waals surface area contributed by atoms with Gasteiger partial charge in [0.25, 0.3) is 0 Å². The van der Waals surface area contributed by atoms with Gasteiger partial charge in [0.1, 0.15) is 0 Å². The Balaban J connectivity index is 2.02. The highest BCUT2D eigenvalue weighted by molar-refractivity contribution is 5.37. The fourth-order valence-electron chi connectivity index (χ4n) is 3.92. The molecule has 0 radical (unpaired) electrons. The zero-order valence-corrected chi connectivity index (χ0v) is 15.0. The molecule has 1 saturated heterocycles. The standard InChI is InChI=1S/C19H32N2O2/c1-14-7-15(2)19(16(3)8-14)12-21-10-17(18(11-21)13-23)9-20(4)5-6-22/h7-8,17-18,22-23H,5-6,9-13H2,1-4H3/t17-,18-/m1/s1. The first-order chi connectivity index (χ1) is 10.9. The molecule has 1 aliphatic rings. The van der Waals surface area contributed by atoms with Gasteiger partial charge >= 0.3 is 0 Å². The summed E-state index contributed by atoms with van der Waals surface area (Å²) in [4.78, 5) is 4.64. The van der Waals surface area contributed by atoms with Crippen LogP contribution >= 0.6 is 0 Å². The summed E-state index contributed by atoms with van der Waals surface area (Å²) in [7, 11) is 2.04. The minimum Gasteiger partial charge on any atom is -0.396 e. The highest BCUT2D eigenvalue weighted by atomic mass is 16.3. The normalized spacial score (nSPS) is 22.2. The molecule has 1 aromatic carbocycles. The number of likely N-dealkylation sites (tertiary alicyclic amines) is 1. The number of aryl methyl sites for hydroxylation is 3. The second-order valence-corrected chi connectivity index (χ2v) is 7.26. The van der Waals surface area contributed by atoms with Gasteiger partial charge in [-0.3, -0.25) is 4.90 Å². The zero-order valence-electron chi connectivity index (χ0n) is 15.0. The third kappa shape index (κ3) is 4.77. The number of nitrogens with zero attached hydrogens (tertiary/aromatic N) is 2. The number of aliphatic hydroxyl groups excluding tert-OH is 2. The van der Waals surface area contributed by atoms with E-state index in [1.807, 2.05) is 7.05 Å². The Morgan fingerprint density at radius 3 is 2.26 bits per heavy atom. The van der Waals surface area contributed by atoms with Gasteiger partial charge in [-0.15, -0.1) is 0 Å². The maximum atomic E-state index is 9.71. The summed E-state index contributed by atoms with van der Waals surface area (Å²) in [6.45, 7) is 11.6. The Kier molecular flexibility index (Phi) is 6.60. The van der Waals surface area contributed by atoms with Crippen LogP contribution < -0.4 is 0 Å². The van der Waals surface area contributed by atoms with E-state index in [2.05, 4.69) is 42.7 Å². The lowest BCUT2D eigenvalue weighted by Gasteiger charge is -2.23. The molecule has 4 heteroatoms. The number of likely N-dealkylation sites (N-methyl/N-ethyl adjacent to an activating group) is 1.